The van der Waals surface area contributed by atoms with E-state index in [9.17, 15) is 28.2 Å². The summed E-state index contributed by atoms with van der Waals surface area (Å²) >= 11 is 0. The quantitative estimate of drug-likeness (QED) is 0.597. The van der Waals surface area contributed by atoms with Gasteiger partial charge in [0.1, 0.15) is 5.67 Å². The van der Waals surface area contributed by atoms with E-state index in [1.54, 1.807) is 13.8 Å². The summed E-state index contributed by atoms with van der Waals surface area (Å²) in [6.45, 7) is 4.87. The van der Waals surface area contributed by atoms with Crippen LogP contribution in [0, 0.1) is 28.6 Å². The number of aliphatic hydroxyl groups excluding tert-OH is 1. The summed E-state index contributed by atoms with van der Waals surface area (Å²) in [5.74, 6) is -1.87. The molecule has 4 aliphatic rings. The van der Waals surface area contributed by atoms with E-state index in [2.05, 4.69) is 0 Å². The van der Waals surface area contributed by atoms with Crippen molar-refractivity contribution in [2.24, 2.45) is 28.6 Å². The maximum absolute atomic E-state index is 16.9. The first-order chi connectivity index (χ1) is 12.7. The molecule has 0 heterocycles. The fourth-order valence-corrected chi connectivity index (χ4v) is 7.40. The molecule has 0 saturated heterocycles. The zero-order valence-corrected chi connectivity index (χ0v) is 16.4. The predicted octanol–water partition coefficient (Wildman–Crippen LogP) is 4.12. The summed E-state index contributed by atoms with van der Waals surface area (Å²) in [4.78, 5) is 11.9. The predicted molar refractivity (Wildman–Crippen MR) is 94.0 cm³/mol. The molecule has 4 aliphatic carbocycles. The minimum Gasteiger partial charge on any atom is -0.390 e. The second-order valence-electron chi connectivity index (χ2n) is 10.1. The molecule has 0 radical (unpaired) electrons. The number of halogens is 4. The van der Waals surface area contributed by atoms with Crippen molar-refractivity contribution >= 4 is 5.78 Å². The number of allylic oxidation sites excluding steroid dienone is 1. The van der Waals surface area contributed by atoms with E-state index in [-0.39, 0.29) is 31.0 Å². The molecule has 0 amide bonds. The highest BCUT2D eigenvalue weighted by Crippen LogP contribution is 2.72. The monoisotopic (exact) mass is 404 g/mol. The van der Waals surface area contributed by atoms with Crippen LogP contribution in [0.1, 0.15) is 59.3 Å². The van der Waals surface area contributed by atoms with Gasteiger partial charge in [0.2, 0.25) is 0 Å². The van der Waals surface area contributed by atoms with Crippen molar-refractivity contribution in [3.63, 3.8) is 0 Å². The third-order valence-electron chi connectivity index (χ3n) is 8.99. The second kappa shape index (κ2) is 5.60. The molecule has 7 heteroatoms. The molecule has 28 heavy (non-hydrogen) atoms. The Balaban J connectivity index is 1.86. The SMILES string of the molecule is C[C@H]1CC2=CC(=O)CC[C@]2(C)[C@@]2(F)C1C1CC[C@@](O)(C(F)(F)F)[C@@]1(C)C[C@H]2O. The number of ketones is 1. The molecular formula is C21H28F4O3. The number of aliphatic hydroxyl groups is 2. The Hall–Kier alpha value is -0.950. The molecule has 0 aromatic carbocycles. The Morgan fingerprint density at radius 2 is 1.86 bits per heavy atom. The third kappa shape index (κ3) is 2.10. The van der Waals surface area contributed by atoms with Crippen LogP contribution in [0.5, 0.6) is 0 Å². The largest absolute Gasteiger partial charge is 0.417 e. The molecule has 2 N–H and O–H groups in total. The van der Waals surface area contributed by atoms with Crippen LogP contribution in [0.25, 0.3) is 0 Å². The first kappa shape index (κ1) is 20.3. The maximum Gasteiger partial charge on any atom is 0.417 e. The Labute approximate surface area is 162 Å². The van der Waals surface area contributed by atoms with Gasteiger partial charge in [-0.1, -0.05) is 26.3 Å². The zero-order valence-electron chi connectivity index (χ0n) is 16.4. The third-order valence-corrected chi connectivity index (χ3v) is 8.99. The molecule has 0 aromatic rings. The summed E-state index contributed by atoms with van der Waals surface area (Å²) < 4.78 is 58.4. The lowest BCUT2D eigenvalue weighted by atomic mass is 9.42. The minimum absolute atomic E-state index is 0.0656. The van der Waals surface area contributed by atoms with Crippen LogP contribution in [0.3, 0.4) is 0 Å². The van der Waals surface area contributed by atoms with Crippen molar-refractivity contribution in [3.05, 3.63) is 11.6 Å². The first-order valence-electron chi connectivity index (χ1n) is 10.1. The van der Waals surface area contributed by atoms with Crippen molar-refractivity contribution in [2.75, 3.05) is 0 Å². The van der Waals surface area contributed by atoms with E-state index in [4.69, 9.17) is 0 Å². The van der Waals surface area contributed by atoms with Crippen LogP contribution in [0.2, 0.25) is 0 Å². The standard InChI is InChI=1S/C21H28F4O3/c1-11-8-12-9-13(26)4-6-17(12,2)20(22)15(27)10-18(3)14(16(11)20)5-7-19(18,28)21(23,24)25/h9,11,14-16,27-28H,4-8,10H2,1-3H3/t11-,14?,15+,16?,17-,18-,19-,20-/m0/s1. The average molecular weight is 404 g/mol. The maximum atomic E-state index is 16.9. The van der Waals surface area contributed by atoms with Gasteiger partial charge in [-0.25, -0.2) is 4.39 Å². The smallest absolute Gasteiger partial charge is 0.390 e. The van der Waals surface area contributed by atoms with Crippen molar-refractivity contribution < 1.29 is 32.6 Å². The number of hydrogen-bond acceptors (Lipinski definition) is 3. The summed E-state index contributed by atoms with van der Waals surface area (Å²) in [6.07, 6.45) is -4.96. The molecule has 3 fully saturated rings. The number of alkyl halides is 4. The summed E-state index contributed by atoms with van der Waals surface area (Å²) in [6, 6.07) is 0. The van der Waals surface area contributed by atoms with Crippen LogP contribution in [-0.4, -0.2) is 39.5 Å². The number of hydrogen-bond donors (Lipinski definition) is 2. The minimum atomic E-state index is -4.84. The number of carbonyl (C=O) groups is 1. The highest BCUT2D eigenvalue weighted by atomic mass is 19.4. The molecule has 158 valence electrons. The van der Waals surface area contributed by atoms with Crippen LogP contribution < -0.4 is 0 Å². The van der Waals surface area contributed by atoms with E-state index < -0.39 is 59.1 Å². The van der Waals surface area contributed by atoms with E-state index in [0.717, 1.165) is 0 Å². The summed E-state index contributed by atoms with van der Waals surface area (Å²) in [5, 5.41) is 21.7. The van der Waals surface area contributed by atoms with E-state index >= 15 is 4.39 Å². The molecule has 0 aromatic heterocycles. The van der Waals surface area contributed by atoms with Gasteiger partial charge in [-0.15, -0.1) is 0 Å². The fourth-order valence-electron chi connectivity index (χ4n) is 7.40. The summed E-state index contributed by atoms with van der Waals surface area (Å²) in [5.41, 5.74) is -7.08. The Morgan fingerprint density at radius 3 is 2.46 bits per heavy atom. The Kier molecular flexibility index (Phi) is 4.06. The second-order valence-corrected chi connectivity index (χ2v) is 10.1. The number of carbonyl (C=O) groups excluding carboxylic acids is 1. The van der Waals surface area contributed by atoms with E-state index in [1.165, 1.54) is 13.0 Å². The van der Waals surface area contributed by atoms with Gasteiger partial charge in [0.25, 0.3) is 0 Å². The highest BCUT2D eigenvalue weighted by Gasteiger charge is 2.78. The molecule has 4 rings (SSSR count). The van der Waals surface area contributed by atoms with Gasteiger partial charge in [0, 0.05) is 23.2 Å². The molecule has 0 bridgehead atoms. The molecule has 0 aliphatic heterocycles. The van der Waals surface area contributed by atoms with Crippen LogP contribution in [0.15, 0.2) is 11.6 Å². The zero-order chi connectivity index (χ0) is 20.9. The van der Waals surface area contributed by atoms with Gasteiger partial charge < -0.3 is 10.2 Å². The fraction of sp³-hybridized carbons (Fsp3) is 0.857. The number of rotatable bonds is 0. The normalized spacial score (nSPS) is 53.9. The molecule has 3 saturated carbocycles. The van der Waals surface area contributed by atoms with Gasteiger partial charge in [0.15, 0.2) is 11.4 Å². The molecule has 3 nitrogen and oxygen atoms in total. The van der Waals surface area contributed by atoms with Gasteiger partial charge in [0.05, 0.1) is 6.10 Å². The van der Waals surface area contributed by atoms with E-state index in [1.807, 2.05) is 0 Å². The summed E-state index contributed by atoms with van der Waals surface area (Å²) in [7, 11) is 0. The highest BCUT2D eigenvalue weighted by molar-refractivity contribution is 5.91. The van der Waals surface area contributed by atoms with Crippen molar-refractivity contribution in [1.82, 2.24) is 0 Å². The van der Waals surface area contributed by atoms with Crippen molar-refractivity contribution in [1.29, 1.82) is 0 Å². The van der Waals surface area contributed by atoms with Crippen LogP contribution in [-0.2, 0) is 4.79 Å². The van der Waals surface area contributed by atoms with Crippen molar-refractivity contribution in [2.45, 2.75) is 82.8 Å². The molecule has 0 spiro atoms. The molecular weight excluding hydrogens is 376 g/mol. The van der Waals surface area contributed by atoms with Crippen LogP contribution in [0.4, 0.5) is 17.6 Å². The molecule has 2 unspecified atom stereocenters. The molecule has 8 atom stereocenters. The lowest BCUT2D eigenvalue weighted by Crippen LogP contribution is -2.71. The van der Waals surface area contributed by atoms with Crippen LogP contribution >= 0.6 is 0 Å². The first-order valence-corrected chi connectivity index (χ1v) is 10.1. The van der Waals surface area contributed by atoms with E-state index in [0.29, 0.717) is 12.0 Å². The van der Waals surface area contributed by atoms with Crippen molar-refractivity contribution in [3.8, 4) is 0 Å². The van der Waals surface area contributed by atoms with Gasteiger partial charge in [-0.2, -0.15) is 13.2 Å². The lowest BCUT2D eigenvalue weighted by molar-refractivity contribution is -0.319. The average Bonchev–Trinajstić information content (AvgIpc) is 2.83. The Bertz CT molecular complexity index is 748. The Morgan fingerprint density at radius 1 is 1.21 bits per heavy atom. The topological polar surface area (TPSA) is 57.5 Å². The van der Waals surface area contributed by atoms with Gasteiger partial charge >= 0.3 is 6.18 Å². The lowest BCUT2D eigenvalue weighted by Gasteiger charge is -2.65. The number of fused-ring (bicyclic) bond motifs is 5. The van der Waals surface area contributed by atoms with Gasteiger partial charge in [-0.05, 0) is 50.0 Å². The van der Waals surface area contributed by atoms with Gasteiger partial charge in [-0.3, -0.25) is 4.79 Å².